The molecule has 0 fully saturated rings. The minimum Gasteiger partial charge on any atom is -0.495 e. The first-order valence-electron chi connectivity index (χ1n) is 7.60. The molecule has 0 radical (unpaired) electrons. The van der Waals surface area contributed by atoms with Crippen molar-refractivity contribution in [3.05, 3.63) is 64.2 Å². The van der Waals surface area contributed by atoms with Crippen LogP contribution in [0.25, 0.3) is 10.4 Å². The Hall–Kier alpha value is -2.57. The van der Waals surface area contributed by atoms with Gasteiger partial charge in [0.05, 0.1) is 29.8 Å². The second-order valence-corrected chi connectivity index (χ2v) is 6.80. The third-order valence-electron chi connectivity index (χ3n) is 3.68. The molecule has 2 aromatic carbocycles. The van der Waals surface area contributed by atoms with Crippen LogP contribution >= 0.6 is 22.9 Å². The lowest BCUT2D eigenvalue weighted by Gasteiger charge is -2.12. The van der Waals surface area contributed by atoms with Gasteiger partial charge in [-0.25, -0.2) is 4.39 Å². The lowest BCUT2D eigenvalue weighted by atomic mass is 10.2. The topological polar surface area (TPSA) is 47.6 Å². The first kappa shape index (κ1) is 18.2. The van der Waals surface area contributed by atoms with Gasteiger partial charge in [0.2, 0.25) is 0 Å². The molecule has 1 aromatic heterocycles. The SMILES string of the molecule is COc1cc(NC(=O)c2ccc(-c3ccc(F)cc3)s2)c(OC)cc1Cl. The summed E-state index contributed by atoms with van der Waals surface area (Å²) in [6, 6.07) is 12.9. The van der Waals surface area contributed by atoms with Crippen molar-refractivity contribution < 1.29 is 18.7 Å². The van der Waals surface area contributed by atoms with Crippen LogP contribution in [0.3, 0.4) is 0 Å². The number of benzene rings is 2. The van der Waals surface area contributed by atoms with Crippen molar-refractivity contribution in [1.29, 1.82) is 0 Å². The number of carbonyl (C=O) groups excluding carboxylic acids is 1. The summed E-state index contributed by atoms with van der Waals surface area (Å²) in [6.45, 7) is 0. The molecule has 1 heterocycles. The Kier molecular flexibility index (Phi) is 5.44. The van der Waals surface area contributed by atoms with Crippen molar-refractivity contribution in [2.24, 2.45) is 0 Å². The van der Waals surface area contributed by atoms with Crippen molar-refractivity contribution in [2.75, 3.05) is 19.5 Å². The van der Waals surface area contributed by atoms with E-state index in [0.29, 0.717) is 27.1 Å². The normalized spacial score (nSPS) is 10.5. The van der Waals surface area contributed by atoms with Crippen LogP contribution in [0.1, 0.15) is 9.67 Å². The average Bonchev–Trinajstić information content (AvgIpc) is 3.13. The number of ether oxygens (including phenoxy) is 2. The Morgan fingerprint density at radius 3 is 2.38 bits per heavy atom. The number of anilines is 1. The van der Waals surface area contributed by atoms with Gasteiger partial charge in [-0.1, -0.05) is 23.7 Å². The van der Waals surface area contributed by atoms with Crippen LogP contribution in [-0.4, -0.2) is 20.1 Å². The van der Waals surface area contributed by atoms with Gasteiger partial charge in [-0.15, -0.1) is 11.3 Å². The zero-order valence-electron chi connectivity index (χ0n) is 14.0. The van der Waals surface area contributed by atoms with E-state index in [1.165, 1.54) is 37.7 Å². The number of halogens is 2. The maximum Gasteiger partial charge on any atom is 0.265 e. The second kappa shape index (κ2) is 7.76. The molecule has 0 aliphatic rings. The van der Waals surface area contributed by atoms with Crippen molar-refractivity contribution >= 4 is 34.5 Å². The highest BCUT2D eigenvalue weighted by Gasteiger charge is 2.15. The Balaban J connectivity index is 1.84. The molecule has 26 heavy (non-hydrogen) atoms. The van der Waals surface area contributed by atoms with Crippen molar-refractivity contribution in [3.8, 4) is 21.9 Å². The van der Waals surface area contributed by atoms with E-state index < -0.39 is 0 Å². The third kappa shape index (κ3) is 3.81. The number of carbonyl (C=O) groups is 1. The summed E-state index contributed by atoms with van der Waals surface area (Å²) in [7, 11) is 2.99. The maximum absolute atomic E-state index is 13.0. The monoisotopic (exact) mass is 391 g/mol. The largest absolute Gasteiger partial charge is 0.495 e. The van der Waals surface area contributed by atoms with E-state index in [9.17, 15) is 9.18 Å². The molecule has 1 amide bonds. The molecular formula is C19H15ClFNO3S. The van der Waals surface area contributed by atoms with E-state index in [4.69, 9.17) is 21.1 Å². The standard InChI is InChI=1S/C19H15ClFNO3S/c1-24-15-10-14(16(25-2)9-13(15)20)22-19(23)18-8-7-17(26-18)11-3-5-12(21)6-4-11/h3-10H,1-2H3,(H,22,23). The van der Waals surface area contributed by atoms with Gasteiger partial charge in [-0.05, 0) is 29.8 Å². The molecular weight excluding hydrogens is 377 g/mol. The molecule has 4 nitrogen and oxygen atoms in total. The summed E-state index contributed by atoms with van der Waals surface area (Å²) in [5.41, 5.74) is 1.30. The predicted octanol–water partition coefficient (Wildman–Crippen LogP) is 5.48. The molecule has 0 unspecified atom stereocenters. The van der Waals surface area contributed by atoms with Crippen LogP contribution in [-0.2, 0) is 0 Å². The quantitative estimate of drug-likeness (QED) is 0.626. The summed E-state index contributed by atoms with van der Waals surface area (Å²) in [4.78, 5) is 14.0. The van der Waals surface area contributed by atoms with Crippen LogP contribution in [0, 0.1) is 5.82 Å². The first-order valence-corrected chi connectivity index (χ1v) is 8.80. The highest BCUT2D eigenvalue weighted by molar-refractivity contribution is 7.17. The van der Waals surface area contributed by atoms with Gasteiger partial charge < -0.3 is 14.8 Å². The molecule has 0 saturated heterocycles. The number of thiophene rings is 1. The van der Waals surface area contributed by atoms with Gasteiger partial charge in [-0.3, -0.25) is 4.79 Å². The smallest absolute Gasteiger partial charge is 0.265 e. The van der Waals surface area contributed by atoms with Crippen LogP contribution in [0.4, 0.5) is 10.1 Å². The molecule has 0 bridgehead atoms. The zero-order chi connectivity index (χ0) is 18.7. The molecule has 1 N–H and O–H groups in total. The van der Waals surface area contributed by atoms with Crippen molar-refractivity contribution in [2.45, 2.75) is 0 Å². The van der Waals surface area contributed by atoms with Crippen LogP contribution in [0.15, 0.2) is 48.5 Å². The van der Waals surface area contributed by atoms with Crippen LogP contribution in [0.5, 0.6) is 11.5 Å². The van der Waals surface area contributed by atoms with Gasteiger partial charge in [0.25, 0.3) is 5.91 Å². The van der Waals surface area contributed by atoms with Crippen LogP contribution < -0.4 is 14.8 Å². The number of hydrogen-bond acceptors (Lipinski definition) is 4. The van der Waals surface area contributed by atoms with E-state index in [0.717, 1.165) is 10.4 Å². The molecule has 0 aliphatic heterocycles. The zero-order valence-corrected chi connectivity index (χ0v) is 15.6. The van der Waals surface area contributed by atoms with E-state index in [1.54, 1.807) is 30.3 Å². The number of hydrogen-bond donors (Lipinski definition) is 1. The highest BCUT2D eigenvalue weighted by Crippen LogP contribution is 2.36. The lowest BCUT2D eigenvalue weighted by molar-refractivity contribution is 0.103. The minimum atomic E-state index is -0.299. The van der Waals surface area contributed by atoms with Gasteiger partial charge in [0, 0.05) is 17.0 Å². The summed E-state index contributed by atoms with van der Waals surface area (Å²) >= 11 is 7.39. The molecule has 3 rings (SSSR count). The van der Waals surface area contributed by atoms with Crippen LogP contribution in [0.2, 0.25) is 5.02 Å². The maximum atomic E-state index is 13.0. The fraction of sp³-hybridized carbons (Fsp3) is 0.105. The predicted molar refractivity (Wildman–Crippen MR) is 102 cm³/mol. The molecule has 0 spiro atoms. The average molecular weight is 392 g/mol. The van der Waals surface area contributed by atoms with Crippen molar-refractivity contribution in [1.82, 2.24) is 0 Å². The first-order chi connectivity index (χ1) is 12.5. The van der Waals surface area contributed by atoms with Gasteiger partial charge in [0.1, 0.15) is 17.3 Å². The Bertz CT molecular complexity index is 940. The van der Waals surface area contributed by atoms with Gasteiger partial charge >= 0.3 is 0 Å². The molecule has 134 valence electrons. The third-order valence-corrected chi connectivity index (χ3v) is 5.11. The highest BCUT2D eigenvalue weighted by atomic mass is 35.5. The van der Waals surface area contributed by atoms with Gasteiger partial charge in [0.15, 0.2) is 0 Å². The Morgan fingerprint density at radius 2 is 1.73 bits per heavy atom. The summed E-state index contributed by atoms with van der Waals surface area (Å²) < 4.78 is 23.5. The number of nitrogens with one attached hydrogen (secondary N) is 1. The fourth-order valence-corrected chi connectivity index (χ4v) is 3.51. The molecule has 0 aliphatic carbocycles. The lowest BCUT2D eigenvalue weighted by Crippen LogP contribution is -2.11. The Morgan fingerprint density at radius 1 is 1.04 bits per heavy atom. The molecule has 7 heteroatoms. The van der Waals surface area contributed by atoms with E-state index >= 15 is 0 Å². The molecule has 0 saturated carbocycles. The van der Waals surface area contributed by atoms with E-state index in [1.807, 2.05) is 6.07 Å². The van der Waals surface area contributed by atoms with E-state index in [2.05, 4.69) is 5.32 Å². The summed E-state index contributed by atoms with van der Waals surface area (Å²) in [6.07, 6.45) is 0. The number of amides is 1. The van der Waals surface area contributed by atoms with Crippen molar-refractivity contribution in [3.63, 3.8) is 0 Å². The summed E-state index contributed by atoms with van der Waals surface area (Å²) in [5, 5.41) is 3.19. The fourth-order valence-electron chi connectivity index (χ4n) is 2.37. The number of rotatable bonds is 5. The summed E-state index contributed by atoms with van der Waals surface area (Å²) in [5.74, 6) is 0.276. The second-order valence-electron chi connectivity index (χ2n) is 5.31. The molecule has 0 atom stereocenters. The molecule has 3 aromatic rings. The van der Waals surface area contributed by atoms with E-state index in [-0.39, 0.29) is 11.7 Å². The minimum absolute atomic E-state index is 0.286. The Labute approximate surface area is 159 Å². The van der Waals surface area contributed by atoms with Gasteiger partial charge in [-0.2, -0.15) is 0 Å². The number of methoxy groups -OCH3 is 2.